The summed E-state index contributed by atoms with van der Waals surface area (Å²) >= 11 is 0. The Morgan fingerprint density at radius 1 is 1.03 bits per heavy atom. The summed E-state index contributed by atoms with van der Waals surface area (Å²) in [6, 6.07) is 8.50. The van der Waals surface area contributed by atoms with Crippen molar-refractivity contribution in [2.45, 2.75) is 31.3 Å². The van der Waals surface area contributed by atoms with E-state index in [-0.39, 0.29) is 24.0 Å². The monoisotopic (exact) mass is 418 g/mol. The summed E-state index contributed by atoms with van der Waals surface area (Å²) in [5.74, 6) is 0.729. The van der Waals surface area contributed by atoms with Crippen molar-refractivity contribution < 1.29 is 13.2 Å². The fourth-order valence-electron chi connectivity index (χ4n) is 5.64. The summed E-state index contributed by atoms with van der Waals surface area (Å²) in [4.78, 5) is 17.8. The van der Waals surface area contributed by atoms with Crippen molar-refractivity contribution >= 4 is 16.1 Å². The number of sulfonamides is 1. The van der Waals surface area contributed by atoms with Gasteiger partial charge < -0.3 is 15.1 Å². The van der Waals surface area contributed by atoms with Gasteiger partial charge in [0.2, 0.25) is 10.0 Å². The molecule has 0 aliphatic carbocycles. The van der Waals surface area contributed by atoms with Gasteiger partial charge in [-0.3, -0.25) is 0 Å². The fourth-order valence-corrected chi connectivity index (χ4v) is 6.57. The smallest absolute Gasteiger partial charge is 0.318 e. The molecule has 2 bridgehead atoms. The number of fused-ring (bicyclic) bond motifs is 4. The van der Waals surface area contributed by atoms with E-state index in [4.69, 9.17) is 0 Å². The average Bonchev–Trinajstić information content (AvgIpc) is 2.66. The Kier molecular flexibility index (Phi) is 4.83. The molecule has 7 nitrogen and oxygen atoms in total. The number of nitrogens with zero attached hydrogens (tertiary/aromatic N) is 3. The number of piperidine rings is 3. The first kappa shape index (κ1) is 19.3. The van der Waals surface area contributed by atoms with E-state index in [0.29, 0.717) is 25.6 Å². The predicted octanol–water partition coefficient (Wildman–Crippen LogP) is 1.28. The number of rotatable bonds is 3. The van der Waals surface area contributed by atoms with E-state index in [0.717, 1.165) is 26.1 Å². The summed E-state index contributed by atoms with van der Waals surface area (Å²) in [5, 5.41) is 3.34. The van der Waals surface area contributed by atoms with Crippen LogP contribution in [0.5, 0.6) is 0 Å². The molecule has 0 radical (unpaired) electrons. The van der Waals surface area contributed by atoms with Crippen LogP contribution in [0.1, 0.15) is 30.0 Å². The van der Waals surface area contributed by atoms with Gasteiger partial charge in [0.25, 0.3) is 0 Å². The highest BCUT2D eigenvalue weighted by atomic mass is 32.2. The van der Waals surface area contributed by atoms with E-state index in [1.54, 1.807) is 0 Å². The highest BCUT2D eigenvalue weighted by Crippen LogP contribution is 2.40. The Labute approximate surface area is 173 Å². The molecule has 4 fully saturated rings. The molecule has 2 amide bonds. The summed E-state index contributed by atoms with van der Waals surface area (Å²) in [5.41, 5.74) is 2.46. The van der Waals surface area contributed by atoms with Gasteiger partial charge in [-0.15, -0.1) is 0 Å². The summed E-state index contributed by atoms with van der Waals surface area (Å²) in [6.45, 7) is 4.92. The Bertz CT molecular complexity index is 891. The van der Waals surface area contributed by atoms with Crippen molar-refractivity contribution in [2.75, 3.05) is 45.5 Å². The van der Waals surface area contributed by atoms with Gasteiger partial charge in [-0.2, -0.15) is 0 Å². The maximum Gasteiger partial charge on any atom is 0.318 e. The summed E-state index contributed by atoms with van der Waals surface area (Å²) < 4.78 is 25.2. The Morgan fingerprint density at radius 2 is 1.76 bits per heavy atom. The van der Waals surface area contributed by atoms with Crippen molar-refractivity contribution in [3.63, 3.8) is 0 Å². The van der Waals surface area contributed by atoms with Crippen molar-refractivity contribution in [3.05, 3.63) is 35.4 Å². The molecule has 29 heavy (non-hydrogen) atoms. The van der Waals surface area contributed by atoms with E-state index in [1.807, 2.05) is 17.0 Å². The fraction of sp³-hybridized carbons (Fsp3) is 0.667. The molecule has 1 aromatic rings. The molecular formula is C21H30N4O3S. The molecule has 5 aliphatic rings. The van der Waals surface area contributed by atoms with Gasteiger partial charge in [-0.25, -0.2) is 17.5 Å². The summed E-state index contributed by atoms with van der Waals surface area (Å²) in [6.07, 6.45) is 4.45. The first-order valence-corrected chi connectivity index (χ1v) is 12.6. The molecule has 0 spiro atoms. The number of benzene rings is 1. The van der Waals surface area contributed by atoms with Crippen LogP contribution in [0.4, 0.5) is 4.79 Å². The zero-order valence-corrected chi connectivity index (χ0v) is 17.8. The van der Waals surface area contributed by atoms with Gasteiger partial charge in [-0.05, 0) is 49.4 Å². The minimum absolute atomic E-state index is 0.0149. The highest BCUT2D eigenvalue weighted by Gasteiger charge is 2.45. The first-order chi connectivity index (χ1) is 13.9. The van der Waals surface area contributed by atoms with Gasteiger partial charge in [0.15, 0.2) is 0 Å². The SMILES string of the molecule is CS(=O)(=O)N1CC([C@@H]2c3ccccc3CCN2C(=O)N[C@@H]2CN3CCC2CC3)C1. The van der Waals surface area contributed by atoms with E-state index in [9.17, 15) is 13.2 Å². The van der Waals surface area contributed by atoms with E-state index >= 15 is 0 Å². The molecule has 2 atom stereocenters. The molecule has 6 rings (SSSR count). The predicted molar refractivity (Wildman–Crippen MR) is 111 cm³/mol. The Morgan fingerprint density at radius 3 is 2.41 bits per heavy atom. The van der Waals surface area contributed by atoms with Gasteiger partial charge in [0, 0.05) is 38.1 Å². The van der Waals surface area contributed by atoms with Crippen LogP contribution in [0.2, 0.25) is 0 Å². The molecule has 8 heteroatoms. The van der Waals surface area contributed by atoms with Gasteiger partial charge in [-0.1, -0.05) is 24.3 Å². The molecule has 0 unspecified atom stereocenters. The number of amides is 2. The van der Waals surface area contributed by atoms with Crippen molar-refractivity contribution in [2.24, 2.45) is 11.8 Å². The van der Waals surface area contributed by atoms with Crippen molar-refractivity contribution in [3.8, 4) is 0 Å². The van der Waals surface area contributed by atoms with Crippen LogP contribution in [0.3, 0.4) is 0 Å². The lowest BCUT2D eigenvalue weighted by Gasteiger charge is -2.49. The second-order valence-electron chi connectivity index (χ2n) is 9.12. The number of carbonyl (C=O) groups is 1. The lowest BCUT2D eigenvalue weighted by atomic mass is 9.81. The number of hydrogen-bond acceptors (Lipinski definition) is 4. The first-order valence-electron chi connectivity index (χ1n) is 10.7. The molecule has 0 saturated carbocycles. The van der Waals surface area contributed by atoms with Crippen LogP contribution >= 0.6 is 0 Å². The van der Waals surface area contributed by atoms with Gasteiger partial charge >= 0.3 is 6.03 Å². The van der Waals surface area contributed by atoms with Gasteiger partial charge in [0.1, 0.15) is 0 Å². The summed E-state index contributed by atoms with van der Waals surface area (Å²) in [7, 11) is -3.17. The van der Waals surface area contributed by atoms with Crippen LogP contribution in [0, 0.1) is 11.8 Å². The lowest BCUT2D eigenvalue weighted by molar-refractivity contribution is 0.0562. The normalized spacial score (nSPS) is 32.5. The zero-order chi connectivity index (χ0) is 20.2. The number of nitrogens with one attached hydrogen (secondary N) is 1. The Balaban J connectivity index is 1.36. The zero-order valence-electron chi connectivity index (χ0n) is 17.0. The third kappa shape index (κ3) is 3.55. The largest absolute Gasteiger partial charge is 0.334 e. The Hall–Kier alpha value is -1.64. The quantitative estimate of drug-likeness (QED) is 0.803. The van der Waals surface area contributed by atoms with E-state index < -0.39 is 10.0 Å². The standard InChI is InChI=1S/C21H30N4O3S/c1-29(27,28)24-12-17(13-24)20-18-5-3-2-4-15(18)8-11-25(20)21(26)22-19-14-23-9-6-16(19)7-10-23/h2-5,16-17,19-20H,6-14H2,1H3,(H,22,26)/t19-,20-/m1/s1. The lowest BCUT2D eigenvalue weighted by Crippen LogP contribution is -2.62. The number of carbonyl (C=O) groups excluding carboxylic acids is 1. The third-order valence-corrected chi connectivity index (χ3v) is 8.59. The maximum atomic E-state index is 13.4. The van der Waals surface area contributed by atoms with Crippen LogP contribution in [0.25, 0.3) is 0 Å². The van der Waals surface area contributed by atoms with Crippen LogP contribution in [0.15, 0.2) is 24.3 Å². The van der Waals surface area contributed by atoms with Gasteiger partial charge in [0.05, 0.1) is 12.3 Å². The second kappa shape index (κ2) is 7.25. The molecule has 5 aliphatic heterocycles. The van der Waals surface area contributed by atoms with E-state index in [1.165, 1.54) is 34.5 Å². The van der Waals surface area contributed by atoms with Crippen LogP contribution in [-0.4, -0.2) is 80.1 Å². The van der Waals surface area contributed by atoms with Crippen molar-refractivity contribution in [1.82, 2.24) is 19.4 Å². The molecule has 5 heterocycles. The molecule has 4 saturated heterocycles. The molecule has 1 aromatic carbocycles. The number of hydrogen-bond donors (Lipinski definition) is 1. The minimum Gasteiger partial charge on any atom is -0.334 e. The number of urea groups is 1. The third-order valence-electron chi connectivity index (χ3n) is 7.35. The van der Waals surface area contributed by atoms with Crippen molar-refractivity contribution in [1.29, 1.82) is 0 Å². The molecular weight excluding hydrogens is 388 g/mol. The van der Waals surface area contributed by atoms with Crippen LogP contribution in [-0.2, 0) is 16.4 Å². The second-order valence-corrected chi connectivity index (χ2v) is 11.1. The molecule has 1 N–H and O–H groups in total. The molecule has 0 aromatic heterocycles. The maximum absolute atomic E-state index is 13.4. The van der Waals surface area contributed by atoms with E-state index in [2.05, 4.69) is 22.3 Å². The highest BCUT2D eigenvalue weighted by molar-refractivity contribution is 7.88. The topological polar surface area (TPSA) is 73.0 Å². The molecule has 158 valence electrons. The minimum atomic E-state index is -3.17. The average molecular weight is 419 g/mol. The van der Waals surface area contributed by atoms with Crippen LogP contribution < -0.4 is 5.32 Å².